The second-order valence-corrected chi connectivity index (χ2v) is 9.79. The highest BCUT2D eigenvalue weighted by Crippen LogP contribution is 2.51. The van der Waals surface area contributed by atoms with Gasteiger partial charge in [-0.3, -0.25) is 0 Å². The van der Waals surface area contributed by atoms with Gasteiger partial charge in [0.25, 0.3) is 0 Å². The largest absolute Gasteiger partial charge is 0.453 e. The lowest BCUT2D eigenvalue weighted by atomic mass is 10.00. The van der Waals surface area contributed by atoms with Gasteiger partial charge >= 0.3 is 12.4 Å². The summed E-state index contributed by atoms with van der Waals surface area (Å²) in [7, 11) is -3.76. The molecule has 0 spiro atoms. The molecule has 6 nitrogen and oxygen atoms in total. The minimum atomic E-state index is -4.76. The molecule has 0 unspecified atom stereocenters. The molecule has 0 bridgehead atoms. The quantitative estimate of drug-likeness (QED) is 0.605. The summed E-state index contributed by atoms with van der Waals surface area (Å²) in [5, 5.41) is 10.6. The van der Waals surface area contributed by atoms with E-state index < -0.39 is 74.5 Å². The van der Waals surface area contributed by atoms with E-state index in [0.29, 0.717) is 12.1 Å². The van der Waals surface area contributed by atoms with Crippen LogP contribution in [0.25, 0.3) is 0 Å². The Kier molecular flexibility index (Phi) is 5.14. The molecule has 0 aromatic heterocycles. The first-order valence-corrected chi connectivity index (χ1v) is 11.0. The summed E-state index contributed by atoms with van der Waals surface area (Å²) in [4.78, 5) is 1.18. The number of aliphatic hydroxyl groups is 1. The van der Waals surface area contributed by atoms with Crippen molar-refractivity contribution < 1.29 is 44.6 Å². The number of ether oxygens (including phenoxy) is 1. The minimum absolute atomic E-state index is 0.0430. The van der Waals surface area contributed by atoms with E-state index in [4.69, 9.17) is 10.5 Å². The Balaban J connectivity index is 1.91. The summed E-state index contributed by atoms with van der Waals surface area (Å²) in [5.41, 5.74) is 3.46. The number of hydrogen-bond acceptors (Lipinski definition) is 6. The van der Waals surface area contributed by atoms with Gasteiger partial charge in [-0.1, -0.05) is 0 Å². The molecule has 2 aliphatic rings. The topological polar surface area (TPSA) is 92.9 Å². The van der Waals surface area contributed by atoms with Crippen LogP contribution in [0, 0.1) is 0 Å². The van der Waals surface area contributed by atoms with Crippen LogP contribution in [0.15, 0.2) is 36.4 Å². The molecule has 1 fully saturated rings. The van der Waals surface area contributed by atoms with Crippen molar-refractivity contribution in [2.75, 3.05) is 16.4 Å². The molecule has 13 heteroatoms. The van der Waals surface area contributed by atoms with Gasteiger partial charge in [0.05, 0.1) is 46.2 Å². The number of nitrogens with zero attached hydrogens (tertiary/aromatic N) is 1. The first kappa shape index (κ1) is 22.7. The van der Waals surface area contributed by atoms with Crippen LogP contribution >= 0.6 is 0 Å². The van der Waals surface area contributed by atoms with Crippen LogP contribution in [-0.2, 0) is 22.2 Å². The molecule has 32 heavy (non-hydrogen) atoms. The van der Waals surface area contributed by atoms with E-state index in [2.05, 4.69) is 0 Å². The van der Waals surface area contributed by atoms with E-state index in [0.717, 1.165) is 24.3 Å². The third-order valence-electron chi connectivity index (χ3n) is 5.35. The molecule has 0 radical (unpaired) electrons. The van der Waals surface area contributed by atoms with Gasteiger partial charge in [-0.25, -0.2) is 8.42 Å². The van der Waals surface area contributed by atoms with Crippen molar-refractivity contribution in [3.8, 4) is 11.5 Å². The third-order valence-corrected chi connectivity index (χ3v) is 7.09. The van der Waals surface area contributed by atoms with Crippen LogP contribution < -0.4 is 15.4 Å². The molecule has 2 aromatic rings. The molecule has 2 aliphatic heterocycles. The molecule has 0 amide bonds. The lowest BCUT2D eigenvalue weighted by molar-refractivity contribution is -0.138. The van der Waals surface area contributed by atoms with E-state index in [-0.39, 0.29) is 11.4 Å². The third kappa shape index (κ3) is 3.99. The highest BCUT2D eigenvalue weighted by molar-refractivity contribution is 7.91. The van der Waals surface area contributed by atoms with Crippen LogP contribution in [0.4, 0.5) is 37.7 Å². The monoisotopic (exact) mass is 482 g/mol. The molecule has 3 atom stereocenters. The number of hydrogen-bond donors (Lipinski definition) is 2. The summed E-state index contributed by atoms with van der Waals surface area (Å²) in [6.45, 7) is 0. The van der Waals surface area contributed by atoms with Crippen molar-refractivity contribution in [3.05, 3.63) is 47.5 Å². The molecule has 0 aliphatic carbocycles. The number of benzene rings is 2. The van der Waals surface area contributed by atoms with E-state index in [1.807, 2.05) is 0 Å². The first-order chi connectivity index (χ1) is 14.7. The fraction of sp³-hybridized carbons (Fsp3) is 0.368. The van der Waals surface area contributed by atoms with Crippen molar-refractivity contribution in [3.63, 3.8) is 0 Å². The van der Waals surface area contributed by atoms with Crippen molar-refractivity contribution in [1.82, 2.24) is 0 Å². The van der Waals surface area contributed by atoms with Crippen LogP contribution in [0.1, 0.15) is 11.1 Å². The highest BCUT2D eigenvalue weighted by atomic mass is 32.2. The molecule has 2 heterocycles. The standard InChI is InChI=1S/C19H16F6N2O4S/c20-18(21,22)9-1-3-12-15(5-9)31-16-6-10(19(23,24)25)2-4-13(16)27(12)14-8-32(29,30)7-11(26)17(14)28/h1-6,11,14,17,28H,7-8,26H2/t11-,14+,17+/m1/s1. The number of halogens is 6. The average molecular weight is 482 g/mol. The fourth-order valence-corrected chi connectivity index (χ4v) is 5.67. The van der Waals surface area contributed by atoms with Gasteiger partial charge < -0.3 is 20.5 Å². The number of fused-ring (bicyclic) bond motifs is 2. The van der Waals surface area contributed by atoms with Gasteiger partial charge in [-0.2, -0.15) is 26.3 Å². The maximum Gasteiger partial charge on any atom is 0.416 e. The molecule has 0 saturated carbocycles. The Morgan fingerprint density at radius 1 is 0.906 bits per heavy atom. The van der Waals surface area contributed by atoms with E-state index in [9.17, 15) is 39.9 Å². The number of anilines is 2. The average Bonchev–Trinajstić information content (AvgIpc) is 2.66. The SMILES string of the molecule is N[C@@H]1CS(=O)(=O)C[C@H](N2c3ccc(C(F)(F)F)cc3Oc3cc(C(F)(F)F)ccc32)[C@H]1O. The molecule has 2 aromatic carbocycles. The number of alkyl halides is 6. The van der Waals surface area contributed by atoms with Crippen molar-refractivity contribution in [1.29, 1.82) is 0 Å². The summed E-state index contributed by atoms with van der Waals surface area (Å²) in [6.07, 6.45) is -10.9. The Hall–Kier alpha value is -2.51. The van der Waals surface area contributed by atoms with E-state index in [1.165, 1.54) is 4.90 Å². The van der Waals surface area contributed by atoms with Crippen molar-refractivity contribution >= 4 is 21.2 Å². The van der Waals surface area contributed by atoms with Crippen LogP contribution in [0.2, 0.25) is 0 Å². The molecule has 1 saturated heterocycles. The molecule has 174 valence electrons. The number of nitrogens with two attached hydrogens (primary N) is 1. The normalized spacial score (nSPS) is 25.0. The van der Waals surface area contributed by atoms with Gasteiger partial charge in [-0.05, 0) is 36.4 Å². The summed E-state index contributed by atoms with van der Waals surface area (Å²) in [6, 6.07) is 2.24. The second-order valence-electron chi connectivity index (χ2n) is 7.63. The van der Waals surface area contributed by atoms with Crippen LogP contribution in [0.3, 0.4) is 0 Å². The first-order valence-electron chi connectivity index (χ1n) is 9.21. The minimum Gasteiger partial charge on any atom is -0.453 e. The van der Waals surface area contributed by atoms with Crippen molar-refractivity contribution in [2.24, 2.45) is 5.73 Å². The Morgan fingerprint density at radius 3 is 1.81 bits per heavy atom. The number of rotatable bonds is 1. The zero-order valence-corrected chi connectivity index (χ0v) is 16.8. The lowest BCUT2D eigenvalue weighted by Crippen LogP contribution is -2.60. The van der Waals surface area contributed by atoms with Crippen LogP contribution in [-0.4, -0.2) is 43.2 Å². The molecule has 4 rings (SSSR count). The summed E-state index contributed by atoms with van der Waals surface area (Å²) >= 11 is 0. The Morgan fingerprint density at radius 2 is 1.38 bits per heavy atom. The van der Waals surface area contributed by atoms with E-state index >= 15 is 0 Å². The van der Waals surface area contributed by atoms with Crippen molar-refractivity contribution in [2.45, 2.75) is 30.5 Å². The molecule has 3 N–H and O–H groups in total. The number of sulfone groups is 1. The van der Waals surface area contributed by atoms with E-state index in [1.54, 1.807) is 0 Å². The molecular weight excluding hydrogens is 466 g/mol. The fourth-order valence-electron chi connectivity index (χ4n) is 3.88. The van der Waals surface area contributed by atoms with Gasteiger partial charge in [0.1, 0.15) is 0 Å². The summed E-state index contributed by atoms with van der Waals surface area (Å²) in [5.74, 6) is -1.98. The Labute approximate surface area is 178 Å². The van der Waals surface area contributed by atoms with Gasteiger partial charge in [0.2, 0.25) is 0 Å². The maximum absolute atomic E-state index is 13.2. The zero-order valence-electron chi connectivity index (χ0n) is 16.0. The number of aliphatic hydroxyl groups excluding tert-OH is 1. The Bertz CT molecular complexity index is 1100. The van der Waals surface area contributed by atoms with Gasteiger partial charge in [0.15, 0.2) is 21.3 Å². The molecular formula is C19H16F6N2O4S. The predicted molar refractivity (Wildman–Crippen MR) is 102 cm³/mol. The van der Waals surface area contributed by atoms with Gasteiger partial charge in [0, 0.05) is 6.04 Å². The zero-order chi connectivity index (χ0) is 23.6. The smallest absolute Gasteiger partial charge is 0.416 e. The highest BCUT2D eigenvalue weighted by Gasteiger charge is 2.45. The van der Waals surface area contributed by atoms with Gasteiger partial charge in [-0.15, -0.1) is 0 Å². The second kappa shape index (κ2) is 7.25. The van der Waals surface area contributed by atoms with Crippen LogP contribution in [0.5, 0.6) is 11.5 Å². The lowest BCUT2D eigenvalue weighted by Gasteiger charge is -2.43. The predicted octanol–water partition coefficient (Wildman–Crippen LogP) is 3.45. The maximum atomic E-state index is 13.2. The summed E-state index contributed by atoms with van der Waals surface area (Å²) < 4.78 is 109.